The number of aliphatic hydroxyl groups is 15. The number of non-ortho nitro benzene ring substituents is 1. The minimum Gasteiger partial charge on any atom is -0.460 e. The lowest BCUT2D eigenvalue weighted by molar-refractivity contribution is -0.392. The van der Waals surface area contributed by atoms with E-state index >= 15 is 0 Å². The zero-order chi connectivity index (χ0) is 49.9. The molecule has 25 atom stereocenters. The maximum atomic E-state index is 11.2. The van der Waals surface area contributed by atoms with Gasteiger partial charge in [0.05, 0.1) is 49.0 Å². The molecule has 1 aromatic carbocycles. The SMILES string of the molecule is [N-]=[N+]=NC[C@H]1O[C@H](O[C@H]2[C@H](O)[C@@H](O)[C@@H](O[C@H]3[C@H](O)[C@@H](O)[C@@H](O[C@H]4[C@H](O)[C@@H](O)[C@@H](O[C@H]5[C@H](O)[C@@H](O)[C@@H](Oc6ccc([N+](=O)[O-])cc6Cl)O[C@@H]5CO)O[C@@H]4CO)O[C@@H]3CO)O[C@@H]2CO)[C@H](O)[C@@H](O)[C@@H]1O. The zero-order valence-corrected chi connectivity index (χ0v) is 35.7. The molecule has 32 heteroatoms. The molecule has 0 saturated carbocycles. The molecule has 0 aromatic heterocycles. The number of nitrogens with zero attached hydrogens (tertiary/aromatic N) is 4. The summed E-state index contributed by atoms with van der Waals surface area (Å²) in [7, 11) is 0. The standard InChI is InChI=1S/C36H53ClN4O27/c37-10-3-9(41(57)58)1-2-11(10)59-32-24(53)19(48)28(13(5-42)61-32)66-34-26(55)21(50)30(15(7-44)63-34)68-36-27(56)22(51)31(16(8-45)64-36)67-35-25(54)20(49)29(14(6-43)62-35)65-33-23(52)18(47)17(46)12(60-33)4-39-40-38/h1-3,12-36,42-56H,4-8H2/t12-,13-,14-,15-,16-,17-,18+,19-,20-,21-,22-,23-,24-,25-,26-,27-,28-,29-,30-,31-,32+,33-,34-,35-,36-/m1/s1. The maximum Gasteiger partial charge on any atom is 0.271 e. The van der Waals surface area contributed by atoms with Gasteiger partial charge in [0.2, 0.25) is 6.29 Å². The smallest absolute Gasteiger partial charge is 0.271 e. The fourth-order valence-corrected chi connectivity index (χ4v) is 8.28. The first-order valence-electron chi connectivity index (χ1n) is 20.7. The van der Waals surface area contributed by atoms with E-state index in [1.165, 1.54) is 0 Å². The molecule has 386 valence electrons. The zero-order valence-electron chi connectivity index (χ0n) is 35.0. The van der Waals surface area contributed by atoms with E-state index in [1.54, 1.807) is 0 Å². The lowest BCUT2D eigenvalue weighted by atomic mass is 9.95. The Kier molecular flexibility index (Phi) is 18.8. The highest BCUT2D eigenvalue weighted by Gasteiger charge is 2.56. The summed E-state index contributed by atoms with van der Waals surface area (Å²) in [5, 5.41) is 174. The van der Waals surface area contributed by atoms with Gasteiger partial charge in [-0.15, -0.1) is 0 Å². The summed E-state index contributed by atoms with van der Waals surface area (Å²) in [4.78, 5) is 12.9. The van der Waals surface area contributed by atoms with E-state index in [9.17, 15) is 86.7 Å². The first-order valence-corrected chi connectivity index (χ1v) is 21.1. The number of rotatable bonds is 17. The third kappa shape index (κ3) is 11.4. The van der Waals surface area contributed by atoms with Crippen LogP contribution in [0.2, 0.25) is 5.02 Å². The van der Waals surface area contributed by atoms with Crippen LogP contribution in [0.1, 0.15) is 0 Å². The van der Waals surface area contributed by atoms with Crippen molar-refractivity contribution in [1.82, 2.24) is 0 Å². The van der Waals surface area contributed by atoms with Crippen molar-refractivity contribution >= 4 is 17.3 Å². The molecule has 68 heavy (non-hydrogen) atoms. The first-order chi connectivity index (χ1) is 32.3. The summed E-state index contributed by atoms with van der Waals surface area (Å²) < 4.78 is 55.8. The van der Waals surface area contributed by atoms with Crippen molar-refractivity contribution in [3.8, 4) is 5.75 Å². The second-order valence-corrected chi connectivity index (χ2v) is 16.6. The number of hydrogen-bond acceptors (Lipinski definition) is 28. The maximum absolute atomic E-state index is 11.2. The predicted molar refractivity (Wildman–Crippen MR) is 210 cm³/mol. The molecule has 5 saturated heterocycles. The largest absolute Gasteiger partial charge is 0.460 e. The van der Waals surface area contributed by atoms with Crippen molar-refractivity contribution in [2.45, 2.75) is 154 Å². The van der Waals surface area contributed by atoms with Crippen molar-refractivity contribution in [1.29, 1.82) is 0 Å². The van der Waals surface area contributed by atoms with Crippen molar-refractivity contribution in [3.63, 3.8) is 0 Å². The summed E-state index contributed by atoms with van der Waals surface area (Å²) in [6.07, 6.45) is -47.0. The Morgan fingerprint density at radius 1 is 0.544 bits per heavy atom. The van der Waals surface area contributed by atoms with E-state index in [1.807, 2.05) is 0 Å². The number of hydrogen-bond donors (Lipinski definition) is 15. The van der Waals surface area contributed by atoms with Crippen molar-refractivity contribution in [3.05, 3.63) is 43.8 Å². The second-order valence-electron chi connectivity index (χ2n) is 16.1. The quantitative estimate of drug-likeness (QED) is 0.0227. The molecule has 0 bridgehead atoms. The molecule has 0 amide bonds. The van der Waals surface area contributed by atoms with E-state index in [0.717, 1.165) is 18.2 Å². The van der Waals surface area contributed by atoms with Crippen LogP contribution < -0.4 is 4.74 Å². The highest BCUT2D eigenvalue weighted by molar-refractivity contribution is 6.32. The first kappa shape index (κ1) is 54.4. The molecule has 5 fully saturated rings. The van der Waals surface area contributed by atoms with Crippen molar-refractivity contribution in [2.75, 3.05) is 33.0 Å². The molecular weight excluding hydrogens is 956 g/mol. The molecule has 0 radical (unpaired) electrons. The molecule has 0 spiro atoms. The van der Waals surface area contributed by atoms with Gasteiger partial charge in [0, 0.05) is 17.0 Å². The van der Waals surface area contributed by atoms with Crippen LogP contribution in [0.5, 0.6) is 5.75 Å². The average Bonchev–Trinajstić information content (AvgIpc) is 3.32. The topological polar surface area (TPSA) is 488 Å². The van der Waals surface area contributed by atoms with Gasteiger partial charge in [-0.1, -0.05) is 16.7 Å². The number of ether oxygens (including phenoxy) is 10. The van der Waals surface area contributed by atoms with Crippen molar-refractivity contribution in [2.24, 2.45) is 5.11 Å². The van der Waals surface area contributed by atoms with Crippen LogP contribution in [0, 0.1) is 10.1 Å². The van der Waals surface area contributed by atoms with Crippen LogP contribution in [0.3, 0.4) is 0 Å². The average molecular weight is 1010 g/mol. The minimum absolute atomic E-state index is 0.211. The van der Waals surface area contributed by atoms with E-state index < -0.39 is 191 Å². The summed E-state index contributed by atoms with van der Waals surface area (Å²) in [5.41, 5.74) is 8.25. The monoisotopic (exact) mass is 1010 g/mol. The highest BCUT2D eigenvalue weighted by Crippen LogP contribution is 2.37. The molecule has 5 heterocycles. The van der Waals surface area contributed by atoms with Gasteiger partial charge in [0.1, 0.15) is 122 Å². The Morgan fingerprint density at radius 3 is 1.22 bits per heavy atom. The second kappa shape index (κ2) is 23.5. The van der Waals surface area contributed by atoms with Crippen LogP contribution in [0.15, 0.2) is 23.3 Å². The molecular formula is C36H53ClN4O27. The third-order valence-electron chi connectivity index (χ3n) is 11.8. The lowest BCUT2D eigenvalue weighted by Crippen LogP contribution is -2.68. The number of benzene rings is 1. The highest BCUT2D eigenvalue weighted by atomic mass is 35.5. The van der Waals surface area contributed by atoms with Gasteiger partial charge in [-0.3, -0.25) is 10.1 Å². The van der Waals surface area contributed by atoms with Crippen LogP contribution in [0.4, 0.5) is 5.69 Å². The van der Waals surface area contributed by atoms with Crippen LogP contribution in [0.25, 0.3) is 10.4 Å². The molecule has 6 rings (SSSR count). The van der Waals surface area contributed by atoms with Crippen LogP contribution in [-0.4, -0.2) is 268 Å². The lowest BCUT2D eigenvalue weighted by Gasteiger charge is -2.49. The van der Waals surface area contributed by atoms with E-state index in [-0.39, 0.29) is 16.5 Å². The fraction of sp³-hybridized carbons (Fsp3) is 0.833. The molecule has 15 N–H and O–H groups in total. The fourth-order valence-electron chi connectivity index (χ4n) is 8.06. The van der Waals surface area contributed by atoms with E-state index in [0.29, 0.717) is 0 Å². The third-order valence-corrected chi connectivity index (χ3v) is 12.1. The predicted octanol–water partition coefficient (Wildman–Crippen LogP) is -7.96. The van der Waals surface area contributed by atoms with Gasteiger partial charge in [-0.05, 0) is 11.6 Å². The minimum atomic E-state index is -2.17. The summed E-state index contributed by atoms with van der Waals surface area (Å²) in [6.45, 7) is -4.42. The Hall–Kier alpha value is -2.94. The van der Waals surface area contributed by atoms with Gasteiger partial charge in [0.25, 0.3) is 5.69 Å². The van der Waals surface area contributed by atoms with Gasteiger partial charge >= 0.3 is 0 Å². The van der Waals surface area contributed by atoms with Gasteiger partial charge in [-0.25, -0.2) is 0 Å². The van der Waals surface area contributed by atoms with E-state index in [4.69, 9.17) is 64.5 Å². The normalized spacial score (nSPS) is 45.6. The van der Waals surface area contributed by atoms with Crippen LogP contribution in [-0.2, 0) is 42.6 Å². The van der Waals surface area contributed by atoms with Crippen molar-refractivity contribution < 1.29 is 129 Å². The molecule has 5 aliphatic rings. The number of nitro groups is 1. The Morgan fingerprint density at radius 2 is 0.882 bits per heavy atom. The summed E-state index contributed by atoms with van der Waals surface area (Å²) in [5.74, 6) is -0.211. The molecule has 0 unspecified atom stereocenters. The van der Waals surface area contributed by atoms with Crippen LogP contribution >= 0.6 is 11.6 Å². The molecule has 31 nitrogen and oxygen atoms in total. The Bertz CT molecular complexity index is 1860. The number of halogens is 1. The summed E-state index contributed by atoms with van der Waals surface area (Å²) >= 11 is 6.06. The molecule has 0 aliphatic carbocycles. The number of nitro benzene ring substituents is 1. The van der Waals surface area contributed by atoms with Gasteiger partial charge in [0.15, 0.2) is 25.2 Å². The molecule has 5 aliphatic heterocycles. The van der Waals surface area contributed by atoms with Gasteiger partial charge in [-0.2, -0.15) is 0 Å². The van der Waals surface area contributed by atoms with E-state index in [2.05, 4.69) is 10.0 Å². The molecule has 1 aromatic rings. The number of azide groups is 1. The Labute approximate surface area is 386 Å². The van der Waals surface area contributed by atoms with Gasteiger partial charge < -0.3 is 124 Å². The number of aliphatic hydroxyl groups excluding tert-OH is 15. The Balaban J connectivity index is 1.07. The summed E-state index contributed by atoms with van der Waals surface area (Å²) in [6, 6.07) is 3.08.